The Morgan fingerprint density at radius 1 is 0.654 bits per heavy atom. The molecule has 0 aromatic carbocycles. The zero-order valence-electron chi connectivity index (χ0n) is 17.4. The van der Waals surface area contributed by atoms with Crippen molar-refractivity contribution in [3.63, 3.8) is 0 Å². The van der Waals surface area contributed by atoms with Gasteiger partial charge in [-0.15, -0.1) is 9.42 Å². The smallest absolute Gasteiger partial charge is 0.379 e. The first-order valence-electron chi connectivity index (χ1n) is 11.0. The number of rotatable bonds is 21. The van der Waals surface area contributed by atoms with E-state index in [9.17, 15) is 4.57 Å². The van der Waals surface area contributed by atoms with Gasteiger partial charge in [-0.25, -0.2) is 0 Å². The number of hydrogen-bond acceptors (Lipinski definition) is 3. The second kappa shape index (κ2) is 21.3. The lowest BCUT2D eigenvalue weighted by Crippen LogP contribution is -2.02. The van der Waals surface area contributed by atoms with Crippen LogP contribution in [0.25, 0.3) is 0 Å². The van der Waals surface area contributed by atoms with E-state index >= 15 is 0 Å². The van der Waals surface area contributed by atoms with Crippen molar-refractivity contribution in [3.8, 4) is 0 Å². The zero-order valence-corrected chi connectivity index (χ0v) is 18.3. The highest BCUT2D eigenvalue weighted by Gasteiger charge is 2.10. The van der Waals surface area contributed by atoms with Crippen LogP contribution in [0.2, 0.25) is 0 Å². The van der Waals surface area contributed by atoms with Gasteiger partial charge in [-0.05, 0) is 12.3 Å². The molecule has 5 heteroatoms. The van der Waals surface area contributed by atoms with E-state index in [4.69, 9.17) is 9.63 Å². The lowest BCUT2D eigenvalue weighted by molar-refractivity contribution is 0.0955. The fourth-order valence-electron chi connectivity index (χ4n) is 3.15. The third-order valence-electron chi connectivity index (χ3n) is 4.75. The molecule has 0 aliphatic rings. The Bertz CT molecular complexity index is 298. The molecule has 1 atom stereocenters. The molecule has 0 bridgehead atoms. The summed E-state index contributed by atoms with van der Waals surface area (Å²) >= 11 is 0. The minimum absolute atomic E-state index is 0.198. The number of unbranched alkanes of at least 4 members (excludes halogenated alkanes) is 13. The average molecular weight is 392 g/mol. The van der Waals surface area contributed by atoms with Crippen molar-refractivity contribution >= 4 is 8.25 Å². The van der Waals surface area contributed by atoms with Crippen LogP contribution in [-0.2, 0) is 13.8 Å². The normalized spacial score (nSPS) is 12.1. The van der Waals surface area contributed by atoms with Gasteiger partial charge in [0.2, 0.25) is 0 Å². The fourth-order valence-corrected chi connectivity index (χ4v) is 3.39. The summed E-state index contributed by atoms with van der Waals surface area (Å²) in [5, 5.41) is 0. The Labute approximate surface area is 163 Å². The van der Waals surface area contributed by atoms with E-state index in [0.717, 1.165) is 18.9 Å². The quantitative estimate of drug-likeness (QED) is 0.166. The van der Waals surface area contributed by atoms with Crippen molar-refractivity contribution in [2.45, 2.75) is 110 Å². The Hall–Kier alpha value is -0.0200. The van der Waals surface area contributed by atoms with Gasteiger partial charge in [-0.2, -0.15) is 0 Å². The van der Waals surface area contributed by atoms with Crippen molar-refractivity contribution < 1.29 is 18.7 Å². The van der Waals surface area contributed by atoms with Gasteiger partial charge in [-0.1, -0.05) is 104 Å². The van der Waals surface area contributed by atoms with Gasteiger partial charge in [0.15, 0.2) is 0 Å². The summed E-state index contributed by atoms with van der Waals surface area (Å²) in [6, 6.07) is 0. The molecule has 0 fully saturated rings. The molecule has 156 valence electrons. The van der Waals surface area contributed by atoms with Crippen LogP contribution < -0.4 is 0 Å². The van der Waals surface area contributed by atoms with Gasteiger partial charge in [0.05, 0.1) is 6.61 Å². The monoisotopic (exact) mass is 391 g/mol. The minimum Gasteiger partial charge on any atom is -0.379 e. The molecule has 0 aromatic rings. The molecule has 0 rings (SSSR count). The van der Waals surface area contributed by atoms with Crippen molar-refractivity contribution in [1.29, 1.82) is 0 Å². The van der Waals surface area contributed by atoms with Crippen LogP contribution in [0.1, 0.15) is 110 Å². The van der Waals surface area contributed by atoms with E-state index in [2.05, 4.69) is 18.4 Å². The maximum absolute atomic E-state index is 10.3. The Balaban J connectivity index is 3.00. The van der Waals surface area contributed by atoms with Crippen molar-refractivity contribution in [2.24, 2.45) is 5.92 Å². The van der Waals surface area contributed by atoms with E-state index in [1.807, 2.05) is 0 Å². The van der Waals surface area contributed by atoms with Crippen LogP contribution >= 0.6 is 8.25 Å². The third-order valence-corrected chi connectivity index (χ3v) is 5.15. The second-order valence-electron chi connectivity index (χ2n) is 7.82. The molecule has 0 aromatic heterocycles. The van der Waals surface area contributed by atoms with Crippen molar-refractivity contribution in [2.75, 3.05) is 19.8 Å². The largest absolute Gasteiger partial charge is 0.694 e. The van der Waals surface area contributed by atoms with Crippen LogP contribution in [0.3, 0.4) is 0 Å². The first kappa shape index (κ1) is 26.0. The summed E-state index contributed by atoms with van der Waals surface area (Å²) in [7, 11) is -2.48. The SMILES string of the molecule is CC(C)CCCCCCCCCCCCCCCCOCCO[P+](=O)O. The lowest BCUT2D eigenvalue weighted by atomic mass is 10.0. The molecule has 26 heavy (non-hydrogen) atoms. The van der Waals surface area contributed by atoms with Gasteiger partial charge >= 0.3 is 8.25 Å². The molecule has 0 radical (unpaired) electrons. The summed E-state index contributed by atoms with van der Waals surface area (Å²) in [4.78, 5) is 8.44. The molecule has 4 nitrogen and oxygen atoms in total. The average Bonchev–Trinajstić information content (AvgIpc) is 2.59. The highest BCUT2D eigenvalue weighted by atomic mass is 31.1. The molecule has 0 amide bonds. The van der Waals surface area contributed by atoms with Gasteiger partial charge in [-0.3, -0.25) is 0 Å². The van der Waals surface area contributed by atoms with Gasteiger partial charge < -0.3 is 4.74 Å². The molecule has 0 heterocycles. The highest BCUT2D eigenvalue weighted by Crippen LogP contribution is 2.15. The van der Waals surface area contributed by atoms with Crippen LogP contribution in [0.5, 0.6) is 0 Å². The summed E-state index contributed by atoms with van der Waals surface area (Å²) in [5.74, 6) is 0.871. The van der Waals surface area contributed by atoms with Crippen molar-refractivity contribution in [1.82, 2.24) is 0 Å². The second-order valence-corrected chi connectivity index (χ2v) is 8.55. The Morgan fingerprint density at radius 2 is 1.08 bits per heavy atom. The molecular formula is C21H44O4P+. The first-order chi connectivity index (χ1) is 12.6. The van der Waals surface area contributed by atoms with Crippen LogP contribution in [-0.4, -0.2) is 24.7 Å². The molecule has 0 spiro atoms. The van der Waals surface area contributed by atoms with E-state index < -0.39 is 8.25 Å². The fraction of sp³-hybridized carbons (Fsp3) is 1.00. The molecule has 1 N–H and O–H groups in total. The number of ether oxygens (including phenoxy) is 1. The van der Waals surface area contributed by atoms with E-state index in [-0.39, 0.29) is 6.61 Å². The maximum atomic E-state index is 10.3. The Kier molecular flexibility index (Phi) is 21.3. The van der Waals surface area contributed by atoms with Crippen molar-refractivity contribution in [3.05, 3.63) is 0 Å². The molecule has 1 unspecified atom stereocenters. The minimum atomic E-state index is -2.48. The topological polar surface area (TPSA) is 55.8 Å². The molecular weight excluding hydrogens is 347 g/mol. The van der Waals surface area contributed by atoms with Gasteiger partial charge in [0, 0.05) is 11.2 Å². The van der Waals surface area contributed by atoms with E-state index in [0.29, 0.717) is 6.61 Å². The van der Waals surface area contributed by atoms with Gasteiger partial charge in [0.25, 0.3) is 0 Å². The van der Waals surface area contributed by atoms with Gasteiger partial charge in [0.1, 0.15) is 6.61 Å². The Morgan fingerprint density at radius 3 is 1.50 bits per heavy atom. The van der Waals surface area contributed by atoms with Crippen LogP contribution in [0.15, 0.2) is 0 Å². The standard InChI is InChI=1S/C21H43O4P/c1-21(2)17-15-13-11-9-7-5-3-4-6-8-10-12-14-16-18-24-19-20-25-26(22)23/h21H,3-20H2,1-2H3/p+1. The van der Waals surface area contributed by atoms with Crippen LogP contribution in [0.4, 0.5) is 0 Å². The summed E-state index contributed by atoms with van der Waals surface area (Å²) in [5.41, 5.74) is 0. The van der Waals surface area contributed by atoms with E-state index in [1.165, 1.54) is 89.9 Å². The molecule has 0 saturated carbocycles. The third kappa shape index (κ3) is 24.0. The molecule has 0 saturated heterocycles. The molecule has 0 aliphatic heterocycles. The zero-order chi connectivity index (χ0) is 19.3. The summed E-state index contributed by atoms with van der Waals surface area (Å²) in [6.07, 6.45) is 20.5. The van der Waals surface area contributed by atoms with E-state index in [1.54, 1.807) is 0 Å². The summed E-state index contributed by atoms with van der Waals surface area (Å²) < 4.78 is 20.1. The summed E-state index contributed by atoms with van der Waals surface area (Å²) in [6.45, 7) is 5.96. The first-order valence-corrected chi connectivity index (χ1v) is 12.1. The molecule has 0 aliphatic carbocycles. The lowest BCUT2D eigenvalue weighted by Gasteiger charge is -2.05. The number of hydrogen-bond donors (Lipinski definition) is 1. The highest BCUT2D eigenvalue weighted by molar-refractivity contribution is 7.32. The predicted octanol–water partition coefficient (Wildman–Crippen LogP) is 7.18. The predicted molar refractivity (Wildman–Crippen MR) is 111 cm³/mol. The van der Waals surface area contributed by atoms with Crippen LogP contribution in [0, 0.1) is 5.92 Å². The maximum Gasteiger partial charge on any atom is 0.694 e.